The van der Waals surface area contributed by atoms with Gasteiger partial charge in [0.1, 0.15) is 17.9 Å². The van der Waals surface area contributed by atoms with Crippen LogP contribution in [0.3, 0.4) is 0 Å². The first-order valence-corrected chi connectivity index (χ1v) is 19.1. The van der Waals surface area contributed by atoms with Gasteiger partial charge < -0.3 is 10.1 Å². The van der Waals surface area contributed by atoms with Crippen molar-refractivity contribution in [3.8, 4) is 5.75 Å². The van der Waals surface area contributed by atoms with Gasteiger partial charge in [0.2, 0.25) is 5.91 Å². The molecule has 3 amide bonds. The molecule has 0 radical (unpaired) electrons. The molecule has 1 aliphatic carbocycles. The number of amidine groups is 1. The maximum Gasteiger partial charge on any atom is 0.285 e. The Morgan fingerprint density at radius 2 is 1.53 bits per heavy atom. The number of allylic oxidation sites excluding steroid dienone is 9. The molecule has 6 rings (SSSR count). The fraction of sp³-hybridized carbons (Fsp3) is 0.149. The number of carbonyl (C=O) groups is 3. The van der Waals surface area contributed by atoms with E-state index in [0.29, 0.717) is 12.3 Å². The van der Waals surface area contributed by atoms with Gasteiger partial charge in [-0.25, -0.2) is 0 Å². The number of nitrogens with zero attached hydrogens (tertiary/aromatic N) is 2. The van der Waals surface area contributed by atoms with Gasteiger partial charge >= 0.3 is 0 Å². The van der Waals surface area contributed by atoms with Gasteiger partial charge in [0.05, 0.1) is 11.8 Å². The number of thioether (sulfide) groups is 1. The molecule has 8 heteroatoms. The summed E-state index contributed by atoms with van der Waals surface area (Å²) in [5, 5.41) is 3.25. The van der Waals surface area contributed by atoms with Crippen LogP contribution in [-0.4, -0.2) is 33.5 Å². The normalized spacial score (nSPS) is 16.9. The molecule has 276 valence electrons. The van der Waals surface area contributed by atoms with Crippen molar-refractivity contribution in [2.24, 2.45) is 4.99 Å². The zero-order valence-electron chi connectivity index (χ0n) is 31.1. The fourth-order valence-corrected chi connectivity index (χ4v) is 7.47. The summed E-state index contributed by atoms with van der Waals surface area (Å²) in [6.45, 7) is 10.1. The first-order valence-electron chi connectivity index (χ1n) is 18.1. The smallest absolute Gasteiger partial charge is 0.285 e. The first kappa shape index (κ1) is 38.5. The van der Waals surface area contributed by atoms with Crippen LogP contribution in [0.25, 0.3) is 0 Å². The Morgan fingerprint density at radius 3 is 2.13 bits per heavy atom. The lowest BCUT2D eigenvalue weighted by Crippen LogP contribution is -2.42. The van der Waals surface area contributed by atoms with Crippen molar-refractivity contribution < 1.29 is 19.1 Å². The SMILES string of the molecule is C=C/C=C\C(=C/C)N1C(=O)/C(=C/C2=C(C)[C@@H](c3ccc(OCc4ccccc4)cc3)C(C)=C2)C(=O)N=C1SCC(=O)NC(c1ccccc1)c1ccccc1. The summed E-state index contributed by atoms with van der Waals surface area (Å²) >= 11 is 1.04. The Balaban J connectivity index is 1.23. The molecule has 0 aromatic heterocycles. The minimum atomic E-state index is -0.659. The first-order chi connectivity index (χ1) is 26.8. The lowest BCUT2D eigenvalue weighted by Gasteiger charge is -2.28. The third kappa shape index (κ3) is 9.28. The Labute approximate surface area is 327 Å². The van der Waals surface area contributed by atoms with Crippen LogP contribution >= 0.6 is 11.8 Å². The minimum absolute atomic E-state index is 0.0229. The third-order valence-electron chi connectivity index (χ3n) is 9.40. The molecule has 4 aromatic carbocycles. The molecular formula is C47H43N3O4S. The molecule has 0 fully saturated rings. The van der Waals surface area contributed by atoms with E-state index in [2.05, 4.69) is 29.0 Å². The van der Waals surface area contributed by atoms with Gasteiger partial charge in [0, 0.05) is 11.6 Å². The van der Waals surface area contributed by atoms with Crippen molar-refractivity contribution in [2.75, 3.05) is 5.75 Å². The molecule has 0 saturated heterocycles. The van der Waals surface area contributed by atoms with Crippen molar-refractivity contribution in [2.45, 2.75) is 39.3 Å². The van der Waals surface area contributed by atoms with Gasteiger partial charge in [-0.05, 0) is 72.9 Å². The van der Waals surface area contributed by atoms with Crippen LogP contribution in [-0.2, 0) is 21.0 Å². The molecular weight excluding hydrogens is 703 g/mol. The van der Waals surface area contributed by atoms with E-state index in [1.807, 2.05) is 123 Å². The predicted molar refractivity (Wildman–Crippen MR) is 222 cm³/mol. The van der Waals surface area contributed by atoms with Crippen molar-refractivity contribution in [1.29, 1.82) is 0 Å². The van der Waals surface area contributed by atoms with Crippen LogP contribution in [0.15, 0.2) is 191 Å². The van der Waals surface area contributed by atoms with E-state index in [1.165, 1.54) is 4.90 Å². The molecule has 0 saturated carbocycles. The second kappa shape index (κ2) is 18.2. The topological polar surface area (TPSA) is 88.1 Å². The maximum absolute atomic E-state index is 14.3. The Hall–Kier alpha value is -6.25. The van der Waals surface area contributed by atoms with Crippen LogP contribution in [0.4, 0.5) is 0 Å². The summed E-state index contributed by atoms with van der Waals surface area (Å²) in [4.78, 5) is 47.3. The highest BCUT2D eigenvalue weighted by Crippen LogP contribution is 2.41. The number of ether oxygens (including phenoxy) is 1. The van der Waals surface area contributed by atoms with Crippen molar-refractivity contribution in [3.05, 3.63) is 209 Å². The molecule has 4 aromatic rings. The van der Waals surface area contributed by atoms with E-state index in [9.17, 15) is 14.4 Å². The monoisotopic (exact) mass is 745 g/mol. The summed E-state index contributed by atoms with van der Waals surface area (Å²) in [7, 11) is 0. The van der Waals surface area contributed by atoms with Crippen molar-refractivity contribution >= 4 is 34.7 Å². The lowest BCUT2D eigenvalue weighted by molar-refractivity contribution is -0.126. The standard InChI is InChI=1S/C47H43N3O4S/c1-5-7-23-39(6-2)50-46(53)41(29-38-28-32(3)43(33(38)4)35-24-26-40(27-25-35)54-30-34-17-11-8-12-18-34)45(52)49-47(50)55-31-42(51)48-44(36-19-13-9-14-20-36)37-21-15-10-16-22-37/h5-29,43-44H,1,30-31H2,2-4H3,(H,48,51)/b23-7-,39-6+,41-29+/t43-/m0/s1. The van der Waals surface area contributed by atoms with E-state index >= 15 is 0 Å². The van der Waals surface area contributed by atoms with Gasteiger partial charge in [-0.15, -0.1) is 0 Å². The highest BCUT2D eigenvalue weighted by atomic mass is 32.2. The number of hydrogen-bond acceptors (Lipinski definition) is 5. The Bertz CT molecular complexity index is 2200. The van der Waals surface area contributed by atoms with Gasteiger partial charge in [0.25, 0.3) is 11.8 Å². The average molecular weight is 746 g/mol. The number of benzene rings is 4. The lowest BCUT2D eigenvalue weighted by atomic mass is 9.89. The quantitative estimate of drug-likeness (QED) is 0.0837. The average Bonchev–Trinajstić information content (AvgIpc) is 3.50. The van der Waals surface area contributed by atoms with Gasteiger partial charge in [0.15, 0.2) is 5.17 Å². The maximum atomic E-state index is 14.3. The second-order valence-corrected chi connectivity index (χ2v) is 14.1. The second-order valence-electron chi connectivity index (χ2n) is 13.1. The molecule has 0 bridgehead atoms. The van der Waals surface area contributed by atoms with Crippen LogP contribution in [0.5, 0.6) is 5.75 Å². The number of nitrogens with one attached hydrogen (secondary N) is 1. The molecule has 1 aliphatic heterocycles. The highest BCUT2D eigenvalue weighted by Gasteiger charge is 2.36. The van der Waals surface area contributed by atoms with E-state index in [-0.39, 0.29) is 34.4 Å². The zero-order valence-corrected chi connectivity index (χ0v) is 32.0. The van der Waals surface area contributed by atoms with Gasteiger partial charge in [-0.1, -0.05) is 157 Å². The van der Waals surface area contributed by atoms with Gasteiger partial charge in [-0.3, -0.25) is 19.3 Å². The number of rotatable bonds is 13. The van der Waals surface area contributed by atoms with Crippen LogP contribution in [0.1, 0.15) is 55.0 Å². The van der Waals surface area contributed by atoms with E-state index in [4.69, 9.17) is 4.74 Å². The number of amides is 3. The molecule has 55 heavy (non-hydrogen) atoms. The van der Waals surface area contributed by atoms with Crippen molar-refractivity contribution in [3.63, 3.8) is 0 Å². The zero-order chi connectivity index (χ0) is 38.7. The summed E-state index contributed by atoms with van der Waals surface area (Å²) in [6.07, 6.45) is 10.5. The van der Waals surface area contributed by atoms with E-state index in [1.54, 1.807) is 37.3 Å². The Kier molecular flexibility index (Phi) is 12.7. The predicted octanol–water partition coefficient (Wildman–Crippen LogP) is 9.56. The van der Waals surface area contributed by atoms with E-state index < -0.39 is 11.8 Å². The van der Waals surface area contributed by atoms with E-state index in [0.717, 1.165) is 56.5 Å². The number of hydrogen-bond donors (Lipinski definition) is 1. The largest absolute Gasteiger partial charge is 0.489 e. The van der Waals surface area contributed by atoms with Crippen LogP contribution in [0.2, 0.25) is 0 Å². The molecule has 1 heterocycles. The Morgan fingerprint density at radius 1 is 0.909 bits per heavy atom. The van der Waals surface area contributed by atoms with Gasteiger partial charge in [-0.2, -0.15) is 4.99 Å². The van der Waals surface area contributed by atoms with Crippen LogP contribution in [0, 0.1) is 0 Å². The molecule has 1 N–H and O–H groups in total. The molecule has 7 nitrogen and oxygen atoms in total. The fourth-order valence-electron chi connectivity index (χ4n) is 6.67. The summed E-state index contributed by atoms with van der Waals surface area (Å²) in [5.41, 5.74) is 7.37. The molecule has 1 atom stereocenters. The summed E-state index contributed by atoms with van der Waals surface area (Å²) < 4.78 is 6.00. The third-order valence-corrected chi connectivity index (χ3v) is 10.3. The summed E-state index contributed by atoms with van der Waals surface area (Å²) in [6, 6.07) is 37.1. The minimum Gasteiger partial charge on any atom is -0.489 e. The number of aliphatic imine (C=N–C) groups is 1. The molecule has 0 unspecified atom stereocenters. The molecule has 2 aliphatic rings. The van der Waals surface area contributed by atoms with Crippen LogP contribution < -0.4 is 10.1 Å². The van der Waals surface area contributed by atoms with Crippen molar-refractivity contribution in [1.82, 2.24) is 10.2 Å². The summed E-state index contributed by atoms with van der Waals surface area (Å²) in [5.74, 6) is -0.776. The highest BCUT2D eigenvalue weighted by molar-refractivity contribution is 8.14. The molecule has 0 spiro atoms. The number of carbonyl (C=O) groups excluding carboxylic acids is 3.